The molecule has 0 N–H and O–H groups in total. The second-order valence-electron chi connectivity index (χ2n) is 16.8. The predicted molar refractivity (Wildman–Crippen MR) is 276 cm³/mol. The van der Waals surface area contributed by atoms with E-state index in [1.807, 2.05) is 0 Å². The molecular weight excluding hydrogens is 783 g/mol. The van der Waals surface area contributed by atoms with Crippen LogP contribution in [-0.2, 0) is 13.3 Å². The van der Waals surface area contributed by atoms with Crippen LogP contribution in [-0.4, -0.2) is 0 Å². The molecule has 2 aromatic heterocycles. The Morgan fingerprint density at radius 3 is 1.03 bits per heavy atom. The Hall–Kier alpha value is -6.94. The molecule has 290 valence electrons. The highest BCUT2D eigenvalue weighted by Gasteiger charge is 2.24. The first-order valence-electron chi connectivity index (χ1n) is 21.6. The Kier molecular flexibility index (Phi) is 7.96. The van der Waals surface area contributed by atoms with Crippen molar-refractivity contribution in [3.63, 3.8) is 0 Å². The molecule has 0 saturated carbocycles. The second-order valence-corrected chi connectivity index (χ2v) is 21.0. The zero-order valence-electron chi connectivity index (χ0n) is 34.5. The third kappa shape index (κ3) is 5.03. The molecule has 13 rings (SSSR count). The molecule has 0 saturated heterocycles. The standard InChI is InChI=1S/C60H40P2/c1-61-52-32-12-10-24-48(52)57-40(30-16-34-54(57)61)38-26-14-28-46-50(38)36-51-39(41-31-17-35-55-58(41)49-25-11-13-33-53(49)62(55)2)27-15-29-47(51)60(46)59-44-22-8-6-20-42(44)56(37-18-4-3-5-19-37)43-21-7-9-23-45(43)59/h3-36H,1-2H3. The highest BCUT2D eigenvalue weighted by molar-refractivity contribution is 7.60. The van der Waals surface area contributed by atoms with E-state index in [9.17, 15) is 0 Å². The Balaban J connectivity index is 1.24. The predicted octanol–water partition coefficient (Wildman–Crippen LogP) is 18.6. The molecule has 0 nitrogen and oxygen atoms in total. The molecule has 0 spiro atoms. The molecule has 62 heavy (non-hydrogen) atoms. The fourth-order valence-corrected chi connectivity index (χ4v) is 15.1. The van der Waals surface area contributed by atoms with E-state index in [2.05, 4.69) is 220 Å². The van der Waals surface area contributed by atoms with Crippen molar-refractivity contribution in [2.45, 2.75) is 0 Å². The highest BCUT2D eigenvalue weighted by Crippen LogP contribution is 2.55. The van der Waals surface area contributed by atoms with E-state index in [0.29, 0.717) is 0 Å². The molecule has 11 aromatic carbocycles. The largest absolute Gasteiger partial charge is 0.112 e. The van der Waals surface area contributed by atoms with Crippen LogP contribution in [0.25, 0.3) is 130 Å². The van der Waals surface area contributed by atoms with Crippen molar-refractivity contribution in [3.05, 3.63) is 206 Å². The molecule has 2 unspecified atom stereocenters. The first-order chi connectivity index (χ1) is 30.7. The minimum atomic E-state index is -0.441. The lowest BCUT2D eigenvalue weighted by Gasteiger charge is -2.22. The van der Waals surface area contributed by atoms with E-state index in [1.165, 1.54) is 130 Å². The van der Waals surface area contributed by atoms with Gasteiger partial charge in [0.15, 0.2) is 0 Å². The summed E-state index contributed by atoms with van der Waals surface area (Å²) in [5.41, 5.74) is 10.3. The molecule has 2 heteroatoms. The number of hydrogen-bond donors (Lipinski definition) is 0. The van der Waals surface area contributed by atoms with Gasteiger partial charge >= 0.3 is 0 Å². The van der Waals surface area contributed by atoms with Gasteiger partial charge in [0.05, 0.1) is 0 Å². The Morgan fingerprint density at radius 1 is 0.242 bits per heavy atom. The van der Waals surface area contributed by atoms with E-state index in [4.69, 9.17) is 0 Å². The third-order valence-electron chi connectivity index (χ3n) is 13.7. The second kappa shape index (κ2) is 13.8. The molecule has 2 atom stereocenters. The van der Waals surface area contributed by atoms with Crippen molar-refractivity contribution in [3.8, 4) is 44.5 Å². The van der Waals surface area contributed by atoms with Crippen LogP contribution in [0.15, 0.2) is 206 Å². The molecule has 13 aromatic rings. The molecular formula is C60H40P2. The monoisotopic (exact) mass is 822 g/mol. The van der Waals surface area contributed by atoms with E-state index in [0.717, 1.165) is 0 Å². The van der Waals surface area contributed by atoms with Crippen molar-refractivity contribution < 1.29 is 0 Å². The summed E-state index contributed by atoms with van der Waals surface area (Å²) in [6.07, 6.45) is 0. The van der Waals surface area contributed by atoms with Crippen molar-refractivity contribution in [1.82, 2.24) is 0 Å². The van der Waals surface area contributed by atoms with Gasteiger partial charge in [-0.05, 0) is 118 Å². The van der Waals surface area contributed by atoms with Gasteiger partial charge in [-0.1, -0.05) is 200 Å². The lowest BCUT2D eigenvalue weighted by Crippen LogP contribution is -1.94. The molecule has 0 aliphatic carbocycles. The van der Waals surface area contributed by atoms with Gasteiger partial charge in [-0.2, -0.15) is 0 Å². The topological polar surface area (TPSA) is 0 Å². The average Bonchev–Trinajstić information content (AvgIpc) is 3.80. The number of benzene rings is 11. The van der Waals surface area contributed by atoms with Crippen LogP contribution in [0.4, 0.5) is 0 Å². The summed E-state index contributed by atoms with van der Waals surface area (Å²) in [7, 11) is -0.882. The summed E-state index contributed by atoms with van der Waals surface area (Å²) < 4.78 is 0. The Labute approximate surface area is 362 Å². The molecule has 0 bridgehead atoms. The highest BCUT2D eigenvalue weighted by atomic mass is 31.1. The smallest absolute Gasteiger partial charge is 0.00274 e. The molecule has 0 amide bonds. The first kappa shape index (κ1) is 35.8. The van der Waals surface area contributed by atoms with Gasteiger partial charge in [0, 0.05) is 31.2 Å². The van der Waals surface area contributed by atoms with Crippen molar-refractivity contribution >= 4 is 100 Å². The molecule has 0 radical (unpaired) electrons. The molecule has 0 aliphatic rings. The number of fused-ring (bicyclic) bond motifs is 10. The summed E-state index contributed by atoms with van der Waals surface area (Å²) >= 11 is 0. The summed E-state index contributed by atoms with van der Waals surface area (Å²) in [4.78, 5) is 0. The summed E-state index contributed by atoms with van der Waals surface area (Å²) in [5, 5.41) is 21.7. The quantitative estimate of drug-likeness (QED) is 0.155. The van der Waals surface area contributed by atoms with Crippen molar-refractivity contribution in [2.24, 2.45) is 13.3 Å². The van der Waals surface area contributed by atoms with Crippen LogP contribution in [0.1, 0.15) is 0 Å². The molecule has 0 aliphatic heterocycles. The normalized spacial score (nSPS) is 12.6. The minimum Gasteiger partial charge on any atom is -0.112 e. The van der Waals surface area contributed by atoms with Gasteiger partial charge in [-0.15, -0.1) is 15.1 Å². The molecule has 0 fully saturated rings. The number of hydrogen-bond acceptors (Lipinski definition) is 0. The van der Waals surface area contributed by atoms with E-state index in [-0.39, 0.29) is 0 Å². The minimum absolute atomic E-state index is 0.441. The summed E-state index contributed by atoms with van der Waals surface area (Å²) in [6.45, 7) is 4.86. The Morgan fingerprint density at radius 2 is 0.565 bits per heavy atom. The van der Waals surface area contributed by atoms with E-state index >= 15 is 0 Å². The van der Waals surface area contributed by atoms with Gasteiger partial charge in [-0.3, -0.25) is 0 Å². The molecule has 2 heterocycles. The van der Waals surface area contributed by atoms with Crippen LogP contribution in [0.5, 0.6) is 0 Å². The first-order valence-corrected chi connectivity index (χ1v) is 25.1. The van der Waals surface area contributed by atoms with Crippen LogP contribution < -0.4 is 0 Å². The van der Waals surface area contributed by atoms with Crippen LogP contribution in [0.2, 0.25) is 0 Å². The van der Waals surface area contributed by atoms with Gasteiger partial charge in [0.1, 0.15) is 0 Å². The maximum absolute atomic E-state index is 2.55. The van der Waals surface area contributed by atoms with Crippen molar-refractivity contribution in [1.29, 1.82) is 0 Å². The fourth-order valence-electron chi connectivity index (χ4n) is 11.1. The zero-order valence-corrected chi connectivity index (χ0v) is 36.3. The van der Waals surface area contributed by atoms with Crippen LogP contribution in [0.3, 0.4) is 0 Å². The van der Waals surface area contributed by atoms with Crippen molar-refractivity contribution in [2.75, 3.05) is 0 Å². The van der Waals surface area contributed by atoms with Gasteiger partial charge in [0.2, 0.25) is 0 Å². The average molecular weight is 823 g/mol. The SMILES string of the molecule is Cp1c2ccccc2c2c(-c3cccc4c(-c5c6ccccc6c(-c6ccccc6)c6ccccc56)c5cccc(-c6cccc7c6c6ccccc6p7C)c5cc34)cccc21. The Bertz CT molecular complexity index is 3760. The maximum atomic E-state index is 2.55. The third-order valence-corrected chi connectivity index (χ3v) is 18.2. The maximum Gasteiger partial charge on any atom is 0.00274 e. The number of rotatable bonds is 4. The van der Waals surface area contributed by atoms with Crippen LogP contribution in [0, 0.1) is 0 Å². The van der Waals surface area contributed by atoms with E-state index < -0.39 is 15.1 Å². The van der Waals surface area contributed by atoms with Crippen LogP contribution >= 0.6 is 15.1 Å². The van der Waals surface area contributed by atoms with Gasteiger partial charge in [0.25, 0.3) is 0 Å². The summed E-state index contributed by atoms with van der Waals surface area (Å²) in [6, 6.07) is 78.2. The lowest BCUT2D eigenvalue weighted by molar-refractivity contribution is 1.66. The number of aryl methyl sites for hydroxylation is 2. The summed E-state index contributed by atoms with van der Waals surface area (Å²) in [5.74, 6) is 0. The zero-order chi connectivity index (χ0) is 41.1. The lowest BCUT2D eigenvalue weighted by atomic mass is 9.81. The van der Waals surface area contributed by atoms with Gasteiger partial charge in [-0.25, -0.2) is 0 Å². The van der Waals surface area contributed by atoms with Gasteiger partial charge < -0.3 is 0 Å². The fraction of sp³-hybridized carbons (Fsp3) is 0.0333. The van der Waals surface area contributed by atoms with E-state index in [1.54, 1.807) is 0 Å².